The fraction of sp³-hybridized carbons (Fsp3) is 0.250. The van der Waals surface area contributed by atoms with Crippen molar-refractivity contribution in [3.63, 3.8) is 0 Å². The van der Waals surface area contributed by atoms with Gasteiger partial charge < -0.3 is 5.73 Å². The second-order valence-corrected chi connectivity index (χ2v) is 4.91. The number of rotatable bonds is 4. The van der Waals surface area contributed by atoms with Gasteiger partial charge in [-0.2, -0.15) is 0 Å². The smallest absolute Gasteiger partial charge is 0.248 e. The number of hydrogen-bond donors (Lipinski definition) is 2. The molecular weight excluding hydrogens is 284 g/mol. The molecular formula is C8H7N10OS. The van der Waals surface area contributed by atoms with Gasteiger partial charge in [-0.25, -0.2) is 4.68 Å². The zero-order valence-electron chi connectivity index (χ0n) is 10.0. The first-order valence-corrected chi connectivity index (χ1v) is 6.14. The molecule has 1 unspecified atom stereocenters. The van der Waals surface area contributed by atoms with E-state index in [1.54, 1.807) is 0 Å². The maximum Gasteiger partial charge on any atom is 0.248 e. The van der Waals surface area contributed by atoms with Crippen molar-refractivity contribution in [2.45, 2.75) is 13.0 Å². The molecule has 0 aliphatic heterocycles. The summed E-state index contributed by atoms with van der Waals surface area (Å²) < 4.78 is 1.09. The Morgan fingerprint density at radius 3 is 2.90 bits per heavy atom. The summed E-state index contributed by atoms with van der Waals surface area (Å²) in [5.74, 6) is -0.679. The van der Waals surface area contributed by atoms with Crippen LogP contribution in [-0.2, 0) is 4.79 Å². The zero-order valence-corrected chi connectivity index (χ0v) is 10.9. The van der Waals surface area contributed by atoms with Gasteiger partial charge in [0.1, 0.15) is 16.4 Å². The maximum atomic E-state index is 11.7. The third kappa shape index (κ3) is 2.01. The molecule has 0 spiro atoms. The molecule has 101 valence electrons. The normalized spacial score (nSPS) is 12.4. The molecule has 0 fully saturated rings. The van der Waals surface area contributed by atoms with Crippen LogP contribution in [0.25, 0.3) is 10.7 Å². The van der Waals surface area contributed by atoms with Crippen molar-refractivity contribution in [3.05, 3.63) is 17.0 Å². The molecule has 0 saturated heterocycles. The van der Waals surface area contributed by atoms with Gasteiger partial charge >= 0.3 is 0 Å². The van der Waals surface area contributed by atoms with Gasteiger partial charge in [0, 0.05) is 0 Å². The van der Waals surface area contributed by atoms with E-state index in [4.69, 9.17) is 5.73 Å². The summed E-state index contributed by atoms with van der Waals surface area (Å²) in [6, 6.07) is -1.00. The molecule has 1 radical (unpaired) electrons. The van der Waals surface area contributed by atoms with Crippen molar-refractivity contribution in [1.82, 2.24) is 45.8 Å². The molecule has 12 heteroatoms. The molecule has 3 N–H and O–H groups in total. The van der Waals surface area contributed by atoms with Gasteiger partial charge in [-0.15, -0.1) is 20.4 Å². The Kier molecular flexibility index (Phi) is 2.90. The number of aryl methyl sites for hydroxylation is 1. The van der Waals surface area contributed by atoms with Crippen molar-refractivity contribution in [2.24, 2.45) is 5.73 Å². The number of hydrogen-bond acceptors (Lipinski definition) is 9. The molecule has 3 rings (SSSR count). The lowest BCUT2D eigenvalue weighted by atomic mass is 10.1. The van der Waals surface area contributed by atoms with E-state index in [0.717, 1.165) is 9.69 Å². The lowest BCUT2D eigenvalue weighted by Gasteiger charge is -2.10. The average Bonchev–Trinajstić information content (AvgIpc) is 3.10. The predicted octanol–water partition coefficient (Wildman–Crippen LogP) is -1.51. The Morgan fingerprint density at radius 1 is 1.45 bits per heavy atom. The van der Waals surface area contributed by atoms with E-state index in [-0.39, 0.29) is 0 Å². The van der Waals surface area contributed by atoms with Gasteiger partial charge in [-0.05, 0) is 17.4 Å². The summed E-state index contributed by atoms with van der Waals surface area (Å²) in [5, 5.41) is 29.8. The largest absolute Gasteiger partial charge is 0.367 e. The highest BCUT2D eigenvalue weighted by Crippen LogP contribution is 2.28. The van der Waals surface area contributed by atoms with Crippen molar-refractivity contribution in [3.8, 4) is 10.7 Å². The van der Waals surface area contributed by atoms with Gasteiger partial charge in [0.2, 0.25) is 12.2 Å². The monoisotopic (exact) mass is 291 g/mol. The number of primary amides is 1. The van der Waals surface area contributed by atoms with E-state index in [9.17, 15) is 4.79 Å². The van der Waals surface area contributed by atoms with Crippen molar-refractivity contribution in [1.29, 1.82) is 0 Å². The van der Waals surface area contributed by atoms with Crippen LogP contribution in [0.4, 0.5) is 0 Å². The highest BCUT2D eigenvalue weighted by atomic mass is 32.1. The molecule has 3 aromatic heterocycles. The molecule has 11 nitrogen and oxygen atoms in total. The van der Waals surface area contributed by atoms with E-state index < -0.39 is 11.9 Å². The zero-order chi connectivity index (χ0) is 14.1. The van der Waals surface area contributed by atoms with Crippen molar-refractivity contribution >= 4 is 17.2 Å². The summed E-state index contributed by atoms with van der Waals surface area (Å²) in [5.41, 5.74) is 6.10. The number of nitrogens with zero attached hydrogens (tertiary/aromatic N) is 8. The fourth-order valence-corrected chi connectivity index (χ4v) is 2.31. The number of aromatic amines is 1. The highest BCUT2D eigenvalue weighted by molar-refractivity contribution is 7.14. The van der Waals surface area contributed by atoms with Gasteiger partial charge in [0.25, 0.3) is 0 Å². The molecule has 1 atom stereocenters. The molecule has 0 bridgehead atoms. The van der Waals surface area contributed by atoms with Crippen molar-refractivity contribution < 1.29 is 4.79 Å². The molecule has 3 heterocycles. The van der Waals surface area contributed by atoms with Crippen LogP contribution >= 0.6 is 11.3 Å². The summed E-state index contributed by atoms with van der Waals surface area (Å²) in [6.45, 7) is 1.81. The van der Waals surface area contributed by atoms with E-state index >= 15 is 0 Å². The molecule has 20 heavy (non-hydrogen) atoms. The van der Waals surface area contributed by atoms with E-state index in [0.29, 0.717) is 16.4 Å². The van der Waals surface area contributed by atoms with Crippen LogP contribution < -0.4 is 5.73 Å². The Bertz CT molecular complexity index is 730. The topological polar surface area (TPSA) is 154 Å². The summed E-state index contributed by atoms with van der Waals surface area (Å²) in [7, 11) is 0. The number of nitrogens with one attached hydrogen (secondary N) is 1. The second-order valence-electron chi connectivity index (χ2n) is 3.73. The summed E-state index contributed by atoms with van der Waals surface area (Å²) >= 11 is 1.32. The lowest BCUT2D eigenvalue weighted by molar-refractivity contribution is -0.120. The fourth-order valence-electron chi connectivity index (χ4n) is 1.62. The first-order valence-electron chi connectivity index (χ1n) is 5.33. The van der Waals surface area contributed by atoms with Gasteiger partial charge in [0.05, 0.1) is 0 Å². The van der Waals surface area contributed by atoms with E-state index in [1.165, 1.54) is 11.3 Å². The van der Waals surface area contributed by atoms with Gasteiger partial charge in [-0.1, -0.05) is 16.6 Å². The minimum Gasteiger partial charge on any atom is -0.367 e. The molecule has 0 aromatic carbocycles. The predicted molar refractivity (Wildman–Crippen MR) is 64.0 cm³/mol. The molecule has 3 aromatic rings. The minimum atomic E-state index is -1.00. The maximum absolute atomic E-state index is 11.7. The third-order valence-electron chi connectivity index (χ3n) is 2.42. The molecule has 1 amide bonds. The van der Waals surface area contributed by atoms with Crippen LogP contribution in [-0.4, -0.2) is 51.7 Å². The van der Waals surface area contributed by atoms with E-state index in [1.807, 2.05) is 6.92 Å². The Balaban J connectivity index is 2.10. The quantitative estimate of drug-likeness (QED) is 0.588. The average molecular weight is 291 g/mol. The number of tetrazole rings is 1. The Morgan fingerprint density at radius 2 is 2.30 bits per heavy atom. The lowest BCUT2D eigenvalue weighted by Crippen LogP contribution is -2.29. The van der Waals surface area contributed by atoms with Gasteiger partial charge in [0.15, 0.2) is 11.0 Å². The van der Waals surface area contributed by atoms with Crippen LogP contribution in [0.2, 0.25) is 0 Å². The number of carbonyl (C=O) groups is 1. The number of carbonyl (C=O) groups excluding carboxylic acids is 1. The van der Waals surface area contributed by atoms with Crippen LogP contribution in [0.1, 0.15) is 16.7 Å². The number of amides is 1. The van der Waals surface area contributed by atoms with Crippen LogP contribution in [0.3, 0.4) is 0 Å². The van der Waals surface area contributed by atoms with E-state index in [2.05, 4.69) is 47.5 Å². The molecule has 0 aliphatic carbocycles. The molecule has 0 saturated carbocycles. The summed E-state index contributed by atoms with van der Waals surface area (Å²) in [6.07, 6.45) is 2.43. The third-order valence-corrected chi connectivity index (χ3v) is 3.27. The molecule has 0 aliphatic rings. The first-order chi connectivity index (χ1) is 9.66. The van der Waals surface area contributed by atoms with Gasteiger partial charge in [-0.3, -0.25) is 9.89 Å². The van der Waals surface area contributed by atoms with Crippen LogP contribution in [0.15, 0.2) is 0 Å². The number of nitrogens with two attached hydrogens (primary N) is 1. The van der Waals surface area contributed by atoms with Crippen LogP contribution in [0, 0.1) is 13.3 Å². The standard InChI is InChI=1S/C8H7N10OS/c1-3-11-14-8(20-3)5-4(12-16-13-5)6(7(9)19)18-2-10-15-17-18/h6H,1H3,(H2,9,19)(H,12,13,16). The van der Waals surface area contributed by atoms with Crippen LogP contribution in [0.5, 0.6) is 0 Å². The number of H-pyrrole nitrogens is 1. The first kappa shape index (κ1) is 12.3. The SMILES string of the molecule is Cc1nnc(-c2nn[nH]c2C(C(N)=O)n2[c]nnn2)s1. The Labute approximate surface area is 115 Å². The number of aromatic nitrogens is 9. The second kappa shape index (κ2) is 4.73. The highest BCUT2D eigenvalue weighted by Gasteiger charge is 2.29. The summed E-state index contributed by atoms with van der Waals surface area (Å²) in [4.78, 5) is 11.7. The van der Waals surface area contributed by atoms with Crippen molar-refractivity contribution in [2.75, 3.05) is 0 Å². The Hall–Kier alpha value is -2.76. The minimum absolute atomic E-state index is 0.331.